The summed E-state index contributed by atoms with van der Waals surface area (Å²) in [5, 5.41) is 17.4. The minimum Gasteiger partial charge on any atom is -0.494 e. The van der Waals surface area contributed by atoms with E-state index in [1.165, 1.54) is 44.2 Å². The number of unbranched alkanes of at least 4 members (excludes halogenated alkanes) is 3. The van der Waals surface area contributed by atoms with E-state index in [2.05, 4.69) is 44.4 Å². The van der Waals surface area contributed by atoms with E-state index in [1.807, 2.05) is 60.7 Å². The Hall–Kier alpha value is -3.54. The Morgan fingerprint density at radius 2 is 1.09 bits per heavy atom. The first kappa shape index (κ1) is 24.6. The Morgan fingerprint density at radius 1 is 0.600 bits per heavy atom. The Morgan fingerprint density at radius 3 is 1.60 bits per heavy atom. The molecule has 0 radical (unpaired) electrons. The van der Waals surface area contributed by atoms with Crippen molar-refractivity contribution in [1.29, 1.82) is 0 Å². The molecule has 3 aromatic carbocycles. The van der Waals surface area contributed by atoms with Gasteiger partial charge in [-0.15, -0.1) is 0 Å². The molecule has 0 unspecified atom stereocenters. The van der Waals surface area contributed by atoms with Gasteiger partial charge in [0.2, 0.25) is 0 Å². The topological polar surface area (TPSA) is 61.9 Å². The van der Waals surface area contributed by atoms with Gasteiger partial charge in [-0.1, -0.05) is 26.2 Å². The Bertz CT molecular complexity index is 1070. The zero-order valence-electron chi connectivity index (χ0n) is 20.6. The lowest BCUT2D eigenvalue weighted by Crippen LogP contribution is -2.29. The van der Waals surface area contributed by atoms with E-state index in [0.717, 1.165) is 54.6 Å². The minimum absolute atomic E-state index is 0.758. The average molecular weight is 470 g/mol. The van der Waals surface area contributed by atoms with Crippen LogP contribution in [0.15, 0.2) is 93.3 Å². The van der Waals surface area contributed by atoms with Crippen molar-refractivity contribution >= 4 is 28.4 Å². The summed E-state index contributed by atoms with van der Waals surface area (Å²) in [5.41, 5.74) is 4.46. The summed E-state index contributed by atoms with van der Waals surface area (Å²) >= 11 is 0. The maximum absolute atomic E-state index is 5.78. The minimum atomic E-state index is 0.758. The van der Waals surface area contributed by atoms with Crippen LogP contribution in [0.4, 0.5) is 28.4 Å². The fourth-order valence-corrected chi connectivity index (χ4v) is 4.03. The molecule has 0 bridgehead atoms. The van der Waals surface area contributed by atoms with Gasteiger partial charge in [0.25, 0.3) is 0 Å². The highest BCUT2D eigenvalue weighted by molar-refractivity contribution is 5.53. The summed E-state index contributed by atoms with van der Waals surface area (Å²) in [6.45, 7) is 5.26. The van der Waals surface area contributed by atoms with Crippen LogP contribution in [0.1, 0.15) is 51.9 Å². The van der Waals surface area contributed by atoms with Gasteiger partial charge < -0.3 is 9.64 Å². The predicted molar refractivity (Wildman–Crippen MR) is 143 cm³/mol. The van der Waals surface area contributed by atoms with E-state index >= 15 is 0 Å². The van der Waals surface area contributed by atoms with Gasteiger partial charge in [0.15, 0.2) is 0 Å². The molecule has 35 heavy (non-hydrogen) atoms. The average Bonchev–Trinajstić information content (AvgIpc) is 2.93. The molecule has 3 aromatic rings. The van der Waals surface area contributed by atoms with Crippen LogP contribution >= 0.6 is 0 Å². The molecule has 6 nitrogen and oxygen atoms in total. The summed E-state index contributed by atoms with van der Waals surface area (Å²) < 4.78 is 5.78. The second-order valence-corrected chi connectivity index (χ2v) is 8.88. The number of anilines is 1. The van der Waals surface area contributed by atoms with E-state index in [1.54, 1.807) is 0 Å². The Labute approximate surface area is 208 Å². The maximum atomic E-state index is 5.78. The summed E-state index contributed by atoms with van der Waals surface area (Å²) in [5.74, 6) is 0.872. The van der Waals surface area contributed by atoms with Gasteiger partial charge in [0.1, 0.15) is 5.75 Å². The molecule has 1 fully saturated rings. The molecule has 1 saturated heterocycles. The quantitative estimate of drug-likeness (QED) is 0.207. The first-order valence-electron chi connectivity index (χ1n) is 12.8. The highest BCUT2D eigenvalue weighted by Gasteiger charge is 2.10. The number of nitrogens with zero attached hydrogens (tertiary/aromatic N) is 5. The van der Waals surface area contributed by atoms with Crippen LogP contribution in [0.2, 0.25) is 0 Å². The van der Waals surface area contributed by atoms with Crippen LogP contribution in [-0.4, -0.2) is 19.7 Å². The second-order valence-electron chi connectivity index (χ2n) is 8.88. The number of benzene rings is 3. The first-order valence-corrected chi connectivity index (χ1v) is 12.8. The van der Waals surface area contributed by atoms with Gasteiger partial charge in [-0.25, -0.2) is 0 Å². The molecular formula is C29H35N5O. The smallest absolute Gasteiger partial charge is 0.119 e. The molecular weight excluding hydrogens is 434 g/mol. The summed E-state index contributed by atoms with van der Waals surface area (Å²) in [6.07, 6.45) is 8.70. The third-order valence-corrected chi connectivity index (χ3v) is 6.09. The third kappa shape index (κ3) is 8.02. The fraction of sp³-hybridized carbons (Fsp3) is 0.379. The van der Waals surface area contributed by atoms with Gasteiger partial charge >= 0.3 is 0 Å². The SMILES string of the molecule is CCCCCCOc1ccc(N=Nc2ccc(N=Nc3ccc(N4CCCCC4)cc3)cc2)cc1. The number of hydrogen-bond acceptors (Lipinski definition) is 6. The Balaban J connectivity index is 1.26. The zero-order chi connectivity index (χ0) is 24.1. The number of rotatable bonds is 11. The fourth-order valence-electron chi connectivity index (χ4n) is 4.03. The van der Waals surface area contributed by atoms with Gasteiger partial charge in [-0.05, 0) is 98.5 Å². The standard InChI is InChI=1S/C29H35N5O/c1-2-3-4-8-23-35-29-19-15-27(16-20-29)33-31-25-11-9-24(10-12-25)30-32-26-13-17-28(18-14-26)34-21-6-5-7-22-34/h9-20H,2-8,21-23H2,1H3. The zero-order valence-corrected chi connectivity index (χ0v) is 20.6. The van der Waals surface area contributed by atoms with Crippen molar-refractivity contribution in [2.45, 2.75) is 51.9 Å². The van der Waals surface area contributed by atoms with Gasteiger partial charge in [0, 0.05) is 18.8 Å². The van der Waals surface area contributed by atoms with Crippen molar-refractivity contribution in [3.8, 4) is 5.75 Å². The van der Waals surface area contributed by atoms with Gasteiger partial charge in [-0.2, -0.15) is 20.5 Å². The molecule has 0 aliphatic carbocycles. The highest BCUT2D eigenvalue weighted by atomic mass is 16.5. The van der Waals surface area contributed by atoms with E-state index < -0.39 is 0 Å². The van der Waals surface area contributed by atoms with Gasteiger partial charge in [-0.3, -0.25) is 0 Å². The van der Waals surface area contributed by atoms with Crippen molar-refractivity contribution in [2.24, 2.45) is 20.5 Å². The molecule has 0 atom stereocenters. The van der Waals surface area contributed by atoms with Crippen LogP contribution < -0.4 is 9.64 Å². The molecule has 1 aliphatic heterocycles. The second kappa shape index (κ2) is 13.4. The van der Waals surface area contributed by atoms with E-state index in [4.69, 9.17) is 4.74 Å². The van der Waals surface area contributed by atoms with E-state index in [-0.39, 0.29) is 0 Å². The molecule has 0 spiro atoms. The van der Waals surface area contributed by atoms with Crippen LogP contribution in [0, 0.1) is 0 Å². The lowest BCUT2D eigenvalue weighted by molar-refractivity contribution is 0.305. The Kier molecular flexibility index (Phi) is 9.39. The number of azo groups is 2. The molecule has 0 saturated carbocycles. The van der Waals surface area contributed by atoms with E-state index in [9.17, 15) is 0 Å². The monoisotopic (exact) mass is 469 g/mol. The van der Waals surface area contributed by atoms with Crippen LogP contribution in [0.3, 0.4) is 0 Å². The van der Waals surface area contributed by atoms with Crippen molar-refractivity contribution in [1.82, 2.24) is 0 Å². The van der Waals surface area contributed by atoms with Crippen molar-refractivity contribution in [2.75, 3.05) is 24.6 Å². The molecule has 6 heteroatoms. The van der Waals surface area contributed by atoms with Crippen molar-refractivity contribution < 1.29 is 4.74 Å². The number of piperidine rings is 1. The lowest BCUT2D eigenvalue weighted by Gasteiger charge is -2.28. The lowest BCUT2D eigenvalue weighted by atomic mass is 10.1. The normalized spacial score (nSPS) is 14.1. The maximum Gasteiger partial charge on any atom is 0.119 e. The molecule has 0 N–H and O–H groups in total. The third-order valence-electron chi connectivity index (χ3n) is 6.09. The number of hydrogen-bond donors (Lipinski definition) is 0. The highest BCUT2D eigenvalue weighted by Crippen LogP contribution is 2.26. The first-order chi connectivity index (χ1) is 17.3. The molecule has 1 aliphatic rings. The molecule has 1 heterocycles. The predicted octanol–water partition coefficient (Wildman–Crippen LogP) is 9.47. The molecule has 4 rings (SSSR count). The van der Waals surface area contributed by atoms with Crippen molar-refractivity contribution in [3.63, 3.8) is 0 Å². The molecule has 0 amide bonds. The summed E-state index contributed by atoms with van der Waals surface area (Å²) in [4.78, 5) is 2.44. The largest absolute Gasteiger partial charge is 0.494 e. The van der Waals surface area contributed by atoms with Crippen LogP contribution in [0.25, 0.3) is 0 Å². The summed E-state index contributed by atoms with van der Waals surface area (Å²) in [7, 11) is 0. The van der Waals surface area contributed by atoms with Crippen LogP contribution in [0.5, 0.6) is 5.75 Å². The van der Waals surface area contributed by atoms with Crippen LogP contribution in [-0.2, 0) is 0 Å². The van der Waals surface area contributed by atoms with Gasteiger partial charge in [0.05, 0.1) is 29.4 Å². The molecule has 182 valence electrons. The van der Waals surface area contributed by atoms with Crippen molar-refractivity contribution in [3.05, 3.63) is 72.8 Å². The number of ether oxygens (including phenoxy) is 1. The molecule has 0 aromatic heterocycles. The summed E-state index contributed by atoms with van der Waals surface area (Å²) in [6, 6.07) is 23.6. The van der Waals surface area contributed by atoms with E-state index in [0.29, 0.717) is 0 Å².